The Labute approximate surface area is 144 Å². The van der Waals surface area contributed by atoms with E-state index in [9.17, 15) is 4.79 Å². The van der Waals surface area contributed by atoms with Gasteiger partial charge in [-0.05, 0) is 43.2 Å². The molecule has 0 saturated carbocycles. The minimum atomic E-state index is -0.217. The van der Waals surface area contributed by atoms with Crippen molar-refractivity contribution >= 4 is 33.5 Å². The van der Waals surface area contributed by atoms with Crippen molar-refractivity contribution in [2.75, 3.05) is 23.3 Å². The molecule has 1 amide bonds. The molecule has 6 heteroatoms. The summed E-state index contributed by atoms with van der Waals surface area (Å²) < 4.78 is 0.973. The summed E-state index contributed by atoms with van der Waals surface area (Å²) in [5.74, 6) is 0.432. The largest absolute Gasteiger partial charge is 0.341 e. The fourth-order valence-corrected chi connectivity index (χ4v) is 2.89. The van der Waals surface area contributed by atoms with Gasteiger partial charge in [0.1, 0.15) is 5.69 Å². The molecule has 1 aromatic carbocycles. The van der Waals surface area contributed by atoms with Gasteiger partial charge in [0, 0.05) is 29.4 Å². The Bertz CT molecular complexity index is 667. The normalized spacial score (nSPS) is 15.1. The lowest BCUT2D eigenvalue weighted by Gasteiger charge is -2.20. The second kappa shape index (κ2) is 7.55. The number of hydrogen-bond acceptors (Lipinski definition) is 4. The second-order valence-electron chi connectivity index (χ2n) is 5.60. The highest BCUT2D eigenvalue weighted by atomic mass is 79.9. The number of rotatable bonds is 3. The van der Waals surface area contributed by atoms with Gasteiger partial charge >= 0.3 is 0 Å². The number of nitrogens with zero attached hydrogens (tertiary/aromatic N) is 3. The van der Waals surface area contributed by atoms with Gasteiger partial charge in [0.15, 0.2) is 0 Å². The molecule has 1 aliphatic rings. The fourth-order valence-electron chi connectivity index (χ4n) is 2.63. The highest BCUT2D eigenvalue weighted by Gasteiger charge is 2.15. The molecule has 2 heterocycles. The van der Waals surface area contributed by atoms with Crippen LogP contribution in [-0.2, 0) is 0 Å². The zero-order chi connectivity index (χ0) is 16.1. The number of halogens is 1. The first-order valence-corrected chi connectivity index (χ1v) is 8.66. The van der Waals surface area contributed by atoms with E-state index >= 15 is 0 Å². The first-order chi connectivity index (χ1) is 11.2. The maximum absolute atomic E-state index is 12.4. The van der Waals surface area contributed by atoms with Gasteiger partial charge in [0.05, 0.1) is 0 Å². The summed E-state index contributed by atoms with van der Waals surface area (Å²) >= 11 is 3.38. The Morgan fingerprint density at radius 2 is 1.74 bits per heavy atom. The maximum atomic E-state index is 12.4. The average molecular weight is 375 g/mol. The number of carbonyl (C=O) groups is 1. The highest BCUT2D eigenvalue weighted by molar-refractivity contribution is 9.10. The van der Waals surface area contributed by atoms with E-state index in [4.69, 9.17) is 0 Å². The lowest BCUT2D eigenvalue weighted by atomic mass is 10.2. The van der Waals surface area contributed by atoms with Crippen molar-refractivity contribution in [3.8, 4) is 0 Å². The molecular formula is C17H19BrN4O. The van der Waals surface area contributed by atoms with E-state index in [0.717, 1.165) is 36.1 Å². The number of nitrogens with one attached hydrogen (secondary N) is 1. The Balaban J connectivity index is 1.73. The first-order valence-electron chi connectivity index (χ1n) is 7.87. The van der Waals surface area contributed by atoms with Gasteiger partial charge in [0.25, 0.3) is 5.91 Å². The molecule has 0 spiro atoms. The van der Waals surface area contributed by atoms with E-state index in [1.54, 1.807) is 12.3 Å². The smallest absolute Gasteiger partial charge is 0.274 e. The molecule has 0 bridgehead atoms. The molecule has 0 aliphatic carbocycles. The summed E-state index contributed by atoms with van der Waals surface area (Å²) in [4.78, 5) is 23.3. The van der Waals surface area contributed by atoms with Crippen LogP contribution in [0.3, 0.4) is 0 Å². The lowest BCUT2D eigenvalue weighted by molar-refractivity contribution is 0.102. The van der Waals surface area contributed by atoms with E-state index < -0.39 is 0 Å². The van der Waals surface area contributed by atoms with Gasteiger partial charge in [-0.1, -0.05) is 28.8 Å². The van der Waals surface area contributed by atoms with Gasteiger partial charge in [-0.25, -0.2) is 9.97 Å². The lowest BCUT2D eigenvalue weighted by Crippen LogP contribution is -2.27. The highest BCUT2D eigenvalue weighted by Crippen LogP contribution is 2.17. The topological polar surface area (TPSA) is 58.1 Å². The van der Waals surface area contributed by atoms with Crippen LogP contribution in [0.2, 0.25) is 0 Å². The number of aromatic nitrogens is 2. The van der Waals surface area contributed by atoms with Crippen molar-refractivity contribution in [1.29, 1.82) is 0 Å². The summed E-state index contributed by atoms with van der Waals surface area (Å²) in [6.07, 6.45) is 6.46. The Morgan fingerprint density at radius 1 is 1.04 bits per heavy atom. The average Bonchev–Trinajstić information content (AvgIpc) is 2.86. The van der Waals surface area contributed by atoms with Crippen molar-refractivity contribution < 1.29 is 4.79 Å². The Hall–Kier alpha value is -1.95. The zero-order valence-corrected chi connectivity index (χ0v) is 14.4. The van der Waals surface area contributed by atoms with Gasteiger partial charge in [-0.15, -0.1) is 0 Å². The Morgan fingerprint density at radius 3 is 2.43 bits per heavy atom. The summed E-state index contributed by atoms with van der Waals surface area (Å²) in [5, 5.41) is 2.86. The summed E-state index contributed by atoms with van der Waals surface area (Å²) in [5.41, 5.74) is 1.13. The third-order valence-corrected chi connectivity index (χ3v) is 4.40. The van der Waals surface area contributed by atoms with Crippen LogP contribution < -0.4 is 10.2 Å². The van der Waals surface area contributed by atoms with Crippen LogP contribution in [0.1, 0.15) is 36.2 Å². The van der Waals surface area contributed by atoms with Gasteiger partial charge in [-0.3, -0.25) is 4.79 Å². The molecule has 0 unspecified atom stereocenters. The number of anilines is 2. The molecule has 1 fully saturated rings. The molecule has 23 heavy (non-hydrogen) atoms. The van der Waals surface area contributed by atoms with Crippen LogP contribution in [0.15, 0.2) is 41.0 Å². The van der Waals surface area contributed by atoms with Gasteiger partial charge in [0.2, 0.25) is 5.95 Å². The van der Waals surface area contributed by atoms with Crippen LogP contribution >= 0.6 is 15.9 Å². The third-order valence-electron chi connectivity index (χ3n) is 3.87. The number of carbonyl (C=O) groups excluding carboxylic acids is 1. The van der Waals surface area contributed by atoms with E-state index in [-0.39, 0.29) is 5.91 Å². The SMILES string of the molecule is O=C(Nc1ccc(Br)cc1)c1ccnc(N2CCCCCC2)n1. The molecule has 0 radical (unpaired) electrons. The minimum absolute atomic E-state index is 0.217. The first kappa shape index (κ1) is 15.9. The quantitative estimate of drug-likeness (QED) is 0.885. The van der Waals surface area contributed by atoms with E-state index in [0.29, 0.717) is 11.6 Å². The molecule has 3 rings (SSSR count). The van der Waals surface area contributed by atoms with Crippen molar-refractivity contribution in [3.63, 3.8) is 0 Å². The molecular weight excluding hydrogens is 356 g/mol. The fraction of sp³-hybridized carbons (Fsp3) is 0.353. The standard InChI is InChI=1S/C17H19BrN4O/c18-13-5-7-14(8-6-13)20-16(23)15-9-10-19-17(21-15)22-11-3-1-2-4-12-22/h5-10H,1-4,11-12H2,(H,20,23). The van der Waals surface area contributed by atoms with Crippen LogP contribution in [0.25, 0.3) is 0 Å². The third kappa shape index (κ3) is 4.28. The number of benzene rings is 1. The van der Waals surface area contributed by atoms with Gasteiger partial charge < -0.3 is 10.2 Å². The predicted octanol–water partition coefficient (Wildman–Crippen LogP) is 3.87. The molecule has 5 nitrogen and oxygen atoms in total. The van der Waals surface area contributed by atoms with Crippen LogP contribution in [0.5, 0.6) is 0 Å². The van der Waals surface area contributed by atoms with E-state index in [1.165, 1.54) is 12.8 Å². The van der Waals surface area contributed by atoms with Crippen LogP contribution in [0, 0.1) is 0 Å². The molecule has 2 aromatic rings. The van der Waals surface area contributed by atoms with E-state index in [1.807, 2.05) is 24.3 Å². The van der Waals surface area contributed by atoms with Gasteiger partial charge in [-0.2, -0.15) is 0 Å². The Kier molecular flexibility index (Phi) is 5.23. The number of hydrogen-bond donors (Lipinski definition) is 1. The molecule has 1 N–H and O–H groups in total. The van der Waals surface area contributed by atoms with Crippen molar-refractivity contribution in [3.05, 3.63) is 46.7 Å². The molecule has 0 atom stereocenters. The summed E-state index contributed by atoms with van der Waals surface area (Å²) in [6, 6.07) is 9.11. The summed E-state index contributed by atoms with van der Waals surface area (Å²) in [6.45, 7) is 1.91. The summed E-state index contributed by atoms with van der Waals surface area (Å²) in [7, 11) is 0. The zero-order valence-electron chi connectivity index (χ0n) is 12.8. The van der Waals surface area contributed by atoms with Crippen LogP contribution in [0.4, 0.5) is 11.6 Å². The molecule has 1 aliphatic heterocycles. The van der Waals surface area contributed by atoms with E-state index in [2.05, 4.69) is 36.1 Å². The predicted molar refractivity (Wildman–Crippen MR) is 94.8 cm³/mol. The number of amides is 1. The van der Waals surface area contributed by atoms with Crippen molar-refractivity contribution in [1.82, 2.24) is 9.97 Å². The minimum Gasteiger partial charge on any atom is -0.341 e. The monoisotopic (exact) mass is 374 g/mol. The van der Waals surface area contributed by atoms with Crippen molar-refractivity contribution in [2.24, 2.45) is 0 Å². The van der Waals surface area contributed by atoms with Crippen molar-refractivity contribution in [2.45, 2.75) is 25.7 Å². The molecule has 1 aromatic heterocycles. The molecule has 1 saturated heterocycles. The maximum Gasteiger partial charge on any atom is 0.274 e. The second-order valence-corrected chi connectivity index (χ2v) is 6.52. The molecule has 120 valence electrons. The van der Waals surface area contributed by atoms with Crippen LogP contribution in [-0.4, -0.2) is 29.0 Å².